The fourth-order valence-electron chi connectivity index (χ4n) is 1.19. The summed E-state index contributed by atoms with van der Waals surface area (Å²) in [6.45, 7) is 4.21. The minimum atomic E-state index is -0.562. The molecule has 0 aliphatic rings. The zero-order valence-corrected chi connectivity index (χ0v) is 10.1. The molecule has 0 spiro atoms. The summed E-state index contributed by atoms with van der Waals surface area (Å²) in [4.78, 5) is 4.14. The maximum absolute atomic E-state index is 9.92. The highest BCUT2D eigenvalue weighted by atomic mass is 32.2. The van der Waals surface area contributed by atoms with Crippen LogP contribution in [0.25, 0.3) is 0 Å². The Morgan fingerprint density at radius 1 is 1.53 bits per heavy atom. The van der Waals surface area contributed by atoms with E-state index in [-0.39, 0.29) is 0 Å². The number of aliphatic hydroxyl groups excluding tert-OH is 1. The molecule has 0 fully saturated rings. The maximum atomic E-state index is 9.92. The number of rotatable bonds is 5. The summed E-state index contributed by atoms with van der Waals surface area (Å²) >= 11 is 1.71. The second-order valence-corrected chi connectivity index (χ2v) is 5.10. The van der Waals surface area contributed by atoms with Gasteiger partial charge in [-0.1, -0.05) is 13.8 Å². The van der Waals surface area contributed by atoms with E-state index in [9.17, 15) is 5.11 Å². The van der Waals surface area contributed by atoms with Gasteiger partial charge in [0.15, 0.2) is 0 Å². The first kappa shape index (κ1) is 12.3. The van der Waals surface area contributed by atoms with Gasteiger partial charge in [0.1, 0.15) is 17.5 Å². The van der Waals surface area contributed by atoms with E-state index in [0.29, 0.717) is 22.4 Å². The Morgan fingerprint density at radius 2 is 2.27 bits per heavy atom. The Bertz CT molecular complexity index is 304. The van der Waals surface area contributed by atoms with Crippen LogP contribution in [-0.2, 0) is 0 Å². The van der Waals surface area contributed by atoms with Crippen molar-refractivity contribution in [2.45, 2.75) is 25.2 Å². The van der Waals surface area contributed by atoms with E-state index in [1.807, 2.05) is 6.07 Å². The van der Waals surface area contributed by atoms with Crippen molar-refractivity contribution in [3.8, 4) is 5.75 Å². The smallest absolute Gasteiger partial charge is 0.143 e. The van der Waals surface area contributed by atoms with Crippen molar-refractivity contribution in [2.24, 2.45) is 0 Å². The zero-order chi connectivity index (χ0) is 11.3. The normalized spacial score (nSPS) is 12.9. The Hall–Kier alpha value is -0.740. The lowest BCUT2D eigenvalue weighted by Crippen LogP contribution is -2.07. The molecule has 3 nitrogen and oxygen atoms in total. The van der Waals surface area contributed by atoms with E-state index in [1.54, 1.807) is 31.1 Å². The van der Waals surface area contributed by atoms with Gasteiger partial charge in [0.05, 0.1) is 7.11 Å². The average Bonchev–Trinajstić information content (AvgIpc) is 2.25. The molecule has 1 rings (SSSR count). The van der Waals surface area contributed by atoms with E-state index in [2.05, 4.69) is 18.8 Å². The molecule has 0 amide bonds. The molecular weight excluding hydrogens is 210 g/mol. The van der Waals surface area contributed by atoms with E-state index in [0.717, 1.165) is 0 Å². The molecule has 15 heavy (non-hydrogen) atoms. The topological polar surface area (TPSA) is 42.4 Å². The lowest BCUT2D eigenvalue weighted by atomic mass is 10.2. The first-order valence-electron chi connectivity index (χ1n) is 4.93. The number of methoxy groups -OCH3 is 1. The van der Waals surface area contributed by atoms with Gasteiger partial charge >= 0.3 is 0 Å². The molecule has 1 aromatic heterocycles. The highest BCUT2D eigenvalue weighted by molar-refractivity contribution is 7.99. The van der Waals surface area contributed by atoms with Crippen LogP contribution < -0.4 is 4.74 Å². The van der Waals surface area contributed by atoms with Gasteiger partial charge in [0.2, 0.25) is 0 Å². The van der Waals surface area contributed by atoms with Crippen LogP contribution in [-0.4, -0.2) is 28.2 Å². The number of pyridine rings is 1. The molecule has 0 saturated carbocycles. The predicted octanol–water partition coefficient (Wildman–Crippen LogP) is 2.27. The first-order chi connectivity index (χ1) is 7.15. The molecule has 0 aromatic carbocycles. The number of aliphatic hydroxyl groups is 1. The first-order valence-corrected chi connectivity index (χ1v) is 5.98. The summed E-state index contributed by atoms with van der Waals surface area (Å²) in [6, 6.07) is 3.61. The van der Waals surface area contributed by atoms with Gasteiger partial charge in [-0.3, -0.25) is 4.98 Å². The van der Waals surface area contributed by atoms with Gasteiger partial charge < -0.3 is 9.84 Å². The SMILES string of the molecule is COc1cccnc1C(O)CSC(C)C. The van der Waals surface area contributed by atoms with Gasteiger partial charge in [0.25, 0.3) is 0 Å². The van der Waals surface area contributed by atoms with Crippen molar-refractivity contribution in [1.29, 1.82) is 0 Å². The average molecular weight is 227 g/mol. The van der Waals surface area contributed by atoms with Crippen molar-refractivity contribution in [2.75, 3.05) is 12.9 Å². The van der Waals surface area contributed by atoms with Crippen molar-refractivity contribution in [1.82, 2.24) is 4.98 Å². The van der Waals surface area contributed by atoms with Crippen LogP contribution >= 0.6 is 11.8 Å². The molecule has 1 N–H and O–H groups in total. The minimum Gasteiger partial charge on any atom is -0.495 e. The maximum Gasteiger partial charge on any atom is 0.143 e. The molecule has 1 heterocycles. The summed E-state index contributed by atoms with van der Waals surface area (Å²) in [5.74, 6) is 1.29. The predicted molar refractivity (Wildman–Crippen MR) is 63.3 cm³/mol. The lowest BCUT2D eigenvalue weighted by Gasteiger charge is -2.14. The van der Waals surface area contributed by atoms with Crippen LogP contribution in [0, 0.1) is 0 Å². The lowest BCUT2D eigenvalue weighted by molar-refractivity contribution is 0.193. The monoisotopic (exact) mass is 227 g/mol. The molecule has 1 aromatic rings. The Balaban J connectivity index is 2.68. The summed E-state index contributed by atoms with van der Waals surface area (Å²) in [7, 11) is 1.59. The summed E-state index contributed by atoms with van der Waals surface area (Å²) in [5, 5.41) is 10.4. The highest BCUT2D eigenvalue weighted by Crippen LogP contribution is 2.26. The third-order valence-corrected chi connectivity index (χ3v) is 3.10. The summed E-state index contributed by atoms with van der Waals surface area (Å²) in [6.07, 6.45) is 1.11. The third kappa shape index (κ3) is 3.72. The van der Waals surface area contributed by atoms with Crippen molar-refractivity contribution < 1.29 is 9.84 Å². The molecule has 1 unspecified atom stereocenters. The Labute approximate surface area is 94.9 Å². The molecule has 0 radical (unpaired) electrons. The molecule has 1 atom stereocenters. The molecule has 0 aliphatic heterocycles. The molecule has 0 bridgehead atoms. The molecule has 0 aliphatic carbocycles. The van der Waals surface area contributed by atoms with Crippen molar-refractivity contribution >= 4 is 11.8 Å². The van der Waals surface area contributed by atoms with Crippen LogP contribution in [0.15, 0.2) is 18.3 Å². The van der Waals surface area contributed by atoms with Crippen molar-refractivity contribution in [3.63, 3.8) is 0 Å². The second kappa shape index (κ2) is 5.98. The summed E-state index contributed by atoms with van der Waals surface area (Å²) < 4.78 is 5.14. The number of hydrogen-bond acceptors (Lipinski definition) is 4. The van der Waals surface area contributed by atoms with Gasteiger partial charge in [-0.05, 0) is 17.4 Å². The fraction of sp³-hybridized carbons (Fsp3) is 0.545. The zero-order valence-electron chi connectivity index (χ0n) is 9.30. The second-order valence-electron chi connectivity index (χ2n) is 3.49. The Kier molecular flexibility index (Phi) is 4.91. The number of hydrogen-bond donors (Lipinski definition) is 1. The number of thioether (sulfide) groups is 1. The van der Waals surface area contributed by atoms with E-state index in [1.165, 1.54) is 0 Å². The van der Waals surface area contributed by atoms with E-state index in [4.69, 9.17) is 4.74 Å². The minimum absolute atomic E-state index is 0.509. The number of aromatic nitrogens is 1. The molecule has 4 heteroatoms. The molecule has 84 valence electrons. The van der Waals surface area contributed by atoms with Gasteiger partial charge in [-0.2, -0.15) is 11.8 Å². The molecule has 0 saturated heterocycles. The van der Waals surface area contributed by atoms with Gasteiger partial charge in [0, 0.05) is 11.9 Å². The quantitative estimate of drug-likeness (QED) is 0.838. The van der Waals surface area contributed by atoms with Crippen LogP contribution in [0.2, 0.25) is 0 Å². The van der Waals surface area contributed by atoms with E-state index < -0.39 is 6.10 Å². The standard InChI is InChI=1S/C11H17NO2S/c1-8(2)15-7-9(13)11-10(14-3)5-4-6-12-11/h4-6,8-9,13H,7H2,1-3H3. The summed E-state index contributed by atoms with van der Waals surface area (Å²) in [5.41, 5.74) is 0.619. The largest absolute Gasteiger partial charge is 0.495 e. The van der Waals surface area contributed by atoms with Crippen LogP contribution in [0.5, 0.6) is 5.75 Å². The van der Waals surface area contributed by atoms with E-state index >= 15 is 0 Å². The number of nitrogens with zero attached hydrogens (tertiary/aromatic N) is 1. The van der Waals surface area contributed by atoms with Crippen LogP contribution in [0.1, 0.15) is 25.6 Å². The fourth-order valence-corrected chi connectivity index (χ4v) is 1.91. The van der Waals surface area contributed by atoms with Crippen molar-refractivity contribution in [3.05, 3.63) is 24.0 Å². The third-order valence-electron chi connectivity index (χ3n) is 1.92. The highest BCUT2D eigenvalue weighted by Gasteiger charge is 2.14. The van der Waals surface area contributed by atoms with Gasteiger partial charge in [-0.25, -0.2) is 0 Å². The number of ether oxygens (including phenoxy) is 1. The van der Waals surface area contributed by atoms with Crippen LogP contribution in [0.4, 0.5) is 0 Å². The van der Waals surface area contributed by atoms with Gasteiger partial charge in [-0.15, -0.1) is 0 Å². The van der Waals surface area contributed by atoms with Crippen LogP contribution in [0.3, 0.4) is 0 Å². The molecular formula is C11H17NO2S. The Morgan fingerprint density at radius 3 is 2.87 bits per heavy atom.